The van der Waals surface area contributed by atoms with Crippen molar-refractivity contribution in [1.82, 2.24) is 30.0 Å². The van der Waals surface area contributed by atoms with Crippen molar-refractivity contribution in [2.24, 2.45) is 5.41 Å². The zero-order valence-electron chi connectivity index (χ0n) is 14.2. The van der Waals surface area contributed by atoms with Crippen LogP contribution in [0.4, 0.5) is 5.82 Å². The first kappa shape index (κ1) is 15.2. The first-order valence-corrected chi connectivity index (χ1v) is 9.61. The Bertz CT molecular complexity index is 866. The number of aromatic amines is 1. The van der Waals surface area contributed by atoms with Gasteiger partial charge in [-0.15, -0.1) is 11.3 Å². The minimum absolute atomic E-state index is 0.491. The smallest absolute Gasteiger partial charge is 0.160 e. The van der Waals surface area contributed by atoms with E-state index in [0.29, 0.717) is 11.5 Å². The fourth-order valence-electron chi connectivity index (χ4n) is 4.31. The highest BCUT2D eigenvalue weighted by molar-refractivity contribution is 7.09. The van der Waals surface area contributed by atoms with E-state index in [-0.39, 0.29) is 0 Å². The van der Waals surface area contributed by atoms with E-state index < -0.39 is 0 Å². The van der Waals surface area contributed by atoms with Crippen molar-refractivity contribution in [2.75, 3.05) is 25.0 Å². The lowest BCUT2D eigenvalue weighted by Gasteiger charge is -2.35. The minimum atomic E-state index is 0.491. The molecule has 1 saturated heterocycles. The van der Waals surface area contributed by atoms with Gasteiger partial charge in [0.05, 0.1) is 18.1 Å². The second kappa shape index (κ2) is 5.74. The predicted octanol–water partition coefficient (Wildman–Crippen LogP) is 2.30. The molecular weight excluding hydrogens is 334 g/mol. The molecule has 1 atom stereocenters. The van der Waals surface area contributed by atoms with Gasteiger partial charge in [0, 0.05) is 30.7 Å². The number of nitrogens with one attached hydrogen (secondary N) is 1. The number of hydrogen-bond donors (Lipinski definition) is 1. The van der Waals surface area contributed by atoms with Crippen LogP contribution < -0.4 is 4.90 Å². The maximum Gasteiger partial charge on any atom is 0.160 e. The molecule has 1 saturated carbocycles. The largest absolute Gasteiger partial charge is 0.356 e. The van der Waals surface area contributed by atoms with Crippen LogP contribution in [0.25, 0.3) is 11.0 Å². The van der Waals surface area contributed by atoms with Gasteiger partial charge in [-0.25, -0.2) is 15.0 Å². The van der Waals surface area contributed by atoms with Crippen molar-refractivity contribution in [3.05, 3.63) is 29.1 Å². The molecule has 5 rings (SSSR count). The summed E-state index contributed by atoms with van der Waals surface area (Å²) in [6.07, 6.45) is 9.12. The molecular formula is C17H21N7S. The molecule has 130 valence electrons. The summed E-state index contributed by atoms with van der Waals surface area (Å²) in [5.74, 6) is 1.02. The van der Waals surface area contributed by atoms with Crippen LogP contribution in [0.15, 0.2) is 24.1 Å². The van der Waals surface area contributed by atoms with Crippen molar-refractivity contribution in [3.8, 4) is 0 Å². The SMILES string of the molecule is CN(Cc1nccs1)C1CC12CCN(c1ncnc3[nH]ncc13)CC2. The Balaban J connectivity index is 1.25. The normalized spacial score (nSPS) is 22.2. The fourth-order valence-corrected chi connectivity index (χ4v) is 4.99. The third kappa shape index (κ3) is 2.60. The Morgan fingerprint density at radius 2 is 2.20 bits per heavy atom. The molecule has 3 aromatic rings. The average molecular weight is 355 g/mol. The highest BCUT2D eigenvalue weighted by atomic mass is 32.1. The van der Waals surface area contributed by atoms with E-state index in [1.807, 2.05) is 12.4 Å². The van der Waals surface area contributed by atoms with Crippen molar-refractivity contribution in [3.63, 3.8) is 0 Å². The van der Waals surface area contributed by atoms with E-state index in [1.54, 1.807) is 17.7 Å². The number of nitrogens with zero attached hydrogens (tertiary/aromatic N) is 6. The molecule has 1 N–H and O–H groups in total. The Hall–Kier alpha value is -2.06. The molecule has 7 nitrogen and oxygen atoms in total. The number of thiazole rings is 1. The Morgan fingerprint density at radius 3 is 3.00 bits per heavy atom. The third-order valence-electron chi connectivity index (χ3n) is 5.83. The van der Waals surface area contributed by atoms with Gasteiger partial charge < -0.3 is 4.90 Å². The summed E-state index contributed by atoms with van der Waals surface area (Å²) >= 11 is 1.75. The van der Waals surface area contributed by atoms with Crippen LogP contribution in [0, 0.1) is 5.41 Å². The lowest BCUT2D eigenvalue weighted by molar-refractivity contribution is 0.238. The standard InChI is InChI=1S/C17H21N7S/c1-23(10-14-18-4-7-25-14)13-8-17(13)2-5-24(6-3-17)16-12-9-21-22-15(12)19-11-20-16/h4,7,9,11,13H,2-3,5-6,8,10H2,1H3,(H,19,20,21,22). The van der Waals surface area contributed by atoms with Crippen LogP contribution in [0.2, 0.25) is 0 Å². The number of aromatic nitrogens is 5. The number of fused-ring (bicyclic) bond motifs is 1. The van der Waals surface area contributed by atoms with Crippen LogP contribution >= 0.6 is 11.3 Å². The van der Waals surface area contributed by atoms with Gasteiger partial charge in [0.1, 0.15) is 17.2 Å². The van der Waals surface area contributed by atoms with Crippen molar-refractivity contribution in [1.29, 1.82) is 0 Å². The monoisotopic (exact) mass is 355 g/mol. The maximum absolute atomic E-state index is 4.51. The molecule has 4 heterocycles. The summed E-state index contributed by atoms with van der Waals surface area (Å²) in [5.41, 5.74) is 1.31. The first-order valence-electron chi connectivity index (χ1n) is 8.73. The molecule has 3 aromatic heterocycles. The summed E-state index contributed by atoms with van der Waals surface area (Å²) in [4.78, 5) is 18.1. The number of anilines is 1. The summed E-state index contributed by atoms with van der Waals surface area (Å²) in [7, 11) is 2.24. The van der Waals surface area contributed by atoms with Crippen LogP contribution in [-0.4, -0.2) is 56.2 Å². The summed E-state index contributed by atoms with van der Waals surface area (Å²) in [5, 5.41) is 11.3. The minimum Gasteiger partial charge on any atom is -0.356 e. The second-order valence-electron chi connectivity index (χ2n) is 7.24. The molecule has 1 aliphatic heterocycles. The number of piperidine rings is 1. The molecule has 1 spiro atoms. The Morgan fingerprint density at radius 1 is 1.32 bits per heavy atom. The van der Waals surface area contributed by atoms with E-state index >= 15 is 0 Å². The summed E-state index contributed by atoms with van der Waals surface area (Å²) in [6.45, 7) is 3.08. The van der Waals surface area contributed by atoms with Gasteiger partial charge >= 0.3 is 0 Å². The van der Waals surface area contributed by atoms with E-state index in [2.05, 4.69) is 47.4 Å². The third-order valence-corrected chi connectivity index (χ3v) is 6.60. The van der Waals surface area contributed by atoms with Crippen LogP contribution in [-0.2, 0) is 6.54 Å². The van der Waals surface area contributed by atoms with Gasteiger partial charge in [-0.1, -0.05) is 0 Å². The molecule has 2 aliphatic rings. The number of rotatable bonds is 4. The maximum atomic E-state index is 4.51. The average Bonchev–Trinajstić information content (AvgIpc) is 3.00. The van der Waals surface area contributed by atoms with Gasteiger partial charge in [0.25, 0.3) is 0 Å². The predicted molar refractivity (Wildman–Crippen MR) is 97.5 cm³/mol. The molecule has 1 aliphatic carbocycles. The highest BCUT2D eigenvalue weighted by Gasteiger charge is 2.56. The van der Waals surface area contributed by atoms with Gasteiger partial charge in [0.2, 0.25) is 0 Å². The second-order valence-corrected chi connectivity index (χ2v) is 8.22. The fraction of sp³-hybridized carbons (Fsp3) is 0.529. The zero-order valence-corrected chi connectivity index (χ0v) is 15.0. The number of hydrogen-bond acceptors (Lipinski definition) is 7. The van der Waals surface area contributed by atoms with E-state index in [0.717, 1.165) is 36.5 Å². The molecule has 0 radical (unpaired) electrons. The topological polar surface area (TPSA) is 73.8 Å². The van der Waals surface area contributed by atoms with Crippen molar-refractivity contribution in [2.45, 2.75) is 31.8 Å². The van der Waals surface area contributed by atoms with Crippen LogP contribution in [0.1, 0.15) is 24.3 Å². The lowest BCUT2D eigenvalue weighted by Crippen LogP contribution is -2.38. The first-order chi connectivity index (χ1) is 12.3. The van der Waals surface area contributed by atoms with Crippen molar-refractivity contribution < 1.29 is 0 Å². The Kier molecular flexibility index (Phi) is 3.49. The van der Waals surface area contributed by atoms with Gasteiger partial charge in [-0.2, -0.15) is 5.10 Å². The van der Waals surface area contributed by atoms with Gasteiger partial charge in [0.15, 0.2) is 5.65 Å². The molecule has 8 heteroatoms. The zero-order chi connectivity index (χ0) is 16.9. The molecule has 0 amide bonds. The molecule has 0 aromatic carbocycles. The van der Waals surface area contributed by atoms with Crippen molar-refractivity contribution >= 4 is 28.2 Å². The molecule has 1 unspecified atom stereocenters. The molecule has 2 fully saturated rings. The summed E-state index contributed by atoms with van der Waals surface area (Å²) in [6, 6.07) is 0.692. The summed E-state index contributed by atoms with van der Waals surface area (Å²) < 4.78 is 0. The highest BCUT2D eigenvalue weighted by Crippen LogP contribution is 2.56. The van der Waals surface area contributed by atoms with Crippen LogP contribution in [0.3, 0.4) is 0 Å². The lowest BCUT2D eigenvalue weighted by atomic mass is 9.92. The van der Waals surface area contributed by atoms with Crippen LogP contribution in [0.5, 0.6) is 0 Å². The van der Waals surface area contributed by atoms with Gasteiger partial charge in [-0.05, 0) is 31.7 Å². The number of H-pyrrole nitrogens is 1. The van der Waals surface area contributed by atoms with Gasteiger partial charge in [-0.3, -0.25) is 10.00 Å². The van der Waals surface area contributed by atoms with E-state index in [1.165, 1.54) is 24.3 Å². The van der Waals surface area contributed by atoms with E-state index in [4.69, 9.17) is 0 Å². The molecule has 0 bridgehead atoms. The quantitative estimate of drug-likeness (QED) is 0.774. The Labute approximate surface area is 150 Å². The van der Waals surface area contributed by atoms with E-state index in [9.17, 15) is 0 Å². The molecule has 25 heavy (non-hydrogen) atoms.